The molecule has 4 rings (SSSR count). The largest absolute Gasteiger partial charge is 0.493 e. The average molecular weight is 337 g/mol. The van der Waals surface area contributed by atoms with Crippen LogP contribution in [0.2, 0.25) is 0 Å². The first-order chi connectivity index (χ1) is 12.2. The lowest BCUT2D eigenvalue weighted by molar-refractivity contribution is 0.232. The first-order valence-corrected chi connectivity index (χ1v) is 8.04. The zero-order chi connectivity index (χ0) is 17.2. The number of fused-ring (bicyclic) bond motifs is 2. The van der Waals surface area contributed by atoms with Gasteiger partial charge in [0.25, 0.3) is 0 Å². The summed E-state index contributed by atoms with van der Waals surface area (Å²) >= 11 is 0. The number of hydrogen-bond acceptors (Lipinski definition) is 3. The number of halogens is 1. The van der Waals surface area contributed by atoms with Gasteiger partial charge in [0.05, 0.1) is 23.9 Å². The molecule has 0 aliphatic carbocycles. The van der Waals surface area contributed by atoms with Crippen LogP contribution in [0, 0.1) is 5.82 Å². The summed E-state index contributed by atoms with van der Waals surface area (Å²) in [4.78, 5) is 16.8. The molecule has 0 saturated heterocycles. The molecule has 5 nitrogen and oxygen atoms in total. The van der Waals surface area contributed by atoms with Gasteiger partial charge in [-0.25, -0.2) is 9.18 Å². The highest BCUT2D eigenvalue weighted by Gasteiger charge is 2.23. The number of urea groups is 1. The number of ether oxygens (including phenoxy) is 1. The predicted molar refractivity (Wildman–Crippen MR) is 93.2 cm³/mol. The van der Waals surface area contributed by atoms with E-state index >= 15 is 0 Å². The molecule has 0 saturated carbocycles. The number of rotatable bonds is 2. The number of carbonyl (C=O) groups is 1. The highest BCUT2D eigenvalue weighted by molar-refractivity contribution is 5.99. The Balaban J connectivity index is 1.54. The molecular formula is C19H16FN3O2. The van der Waals surface area contributed by atoms with E-state index in [9.17, 15) is 9.18 Å². The lowest BCUT2D eigenvalue weighted by atomic mass is 10.0. The van der Waals surface area contributed by atoms with Crippen molar-refractivity contribution < 1.29 is 13.9 Å². The summed E-state index contributed by atoms with van der Waals surface area (Å²) in [5, 5.41) is 6.66. The third kappa shape index (κ3) is 3.10. The van der Waals surface area contributed by atoms with E-state index in [0.29, 0.717) is 30.0 Å². The number of aromatic nitrogens is 1. The van der Waals surface area contributed by atoms with E-state index in [0.717, 1.165) is 10.9 Å². The van der Waals surface area contributed by atoms with Crippen molar-refractivity contribution in [2.75, 3.05) is 11.9 Å². The summed E-state index contributed by atoms with van der Waals surface area (Å²) in [6, 6.07) is 13.0. The minimum absolute atomic E-state index is 0.303. The third-order valence-corrected chi connectivity index (χ3v) is 4.20. The van der Waals surface area contributed by atoms with Crippen molar-refractivity contribution in [3.05, 3.63) is 66.1 Å². The fourth-order valence-corrected chi connectivity index (χ4v) is 3.04. The smallest absolute Gasteiger partial charge is 0.319 e. The highest BCUT2D eigenvalue weighted by atomic mass is 19.1. The number of nitrogens with zero attached hydrogens (tertiary/aromatic N) is 1. The van der Waals surface area contributed by atoms with E-state index in [-0.39, 0.29) is 17.9 Å². The molecule has 1 atom stereocenters. The number of anilines is 1. The van der Waals surface area contributed by atoms with Crippen molar-refractivity contribution >= 4 is 22.6 Å². The Bertz CT molecular complexity index is 940. The van der Waals surface area contributed by atoms with Gasteiger partial charge in [0.15, 0.2) is 0 Å². The Morgan fingerprint density at radius 3 is 3.00 bits per heavy atom. The van der Waals surface area contributed by atoms with Crippen LogP contribution in [0.15, 0.2) is 54.7 Å². The zero-order valence-electron chi connectivity index (χ0n) is 13.3. The fraction of sp³-hybridized carbons (Fsp3) is 0.158. The van der Waals surface area contributed by atoms with Crippen LogP contribution in [0.3, 0.4) is 0 Å². The number of carbonyl (C=O) groups excluding carboxylic acids is 1. The van der Waals surface area contributed by atoms with E-state index in [1.54, 1.807) is 18.3 Å². The molecule has 25 heavy (non-hydrogen) atoms. The summed E-state index contributed by atoms with van der Waals surface area (Å²) in [7, 11) is 0. The molecule has 0 spiro atoms. The fourth-order valence-electron chi connectivity index (χ4n) is 3.04. The number of benzene rings is 2. The topological polar surface area (TPSA) is 63.2 Å². The van der Waals surface area contributed by atoms with Gasteiger partial charge in [0.2, 0.25) is 0 Å². The maximum Gasteiger partial charge on any atom is 0.319 e. The summed E-state index contributed by atoms with van der Waals surface area (Å²) in [5.41, 5.74) is 2.00. The molecule has 126 valence electrons. The van der Waals surface area contributed by atoms with E-state index in [4.69, 9.17) is 4.74 Å². The summed E-state index contributed by atoms with van der Waals surface area (Å²) in [6.07, 6.45) is 2.26. The van der Waals surface area contributed by atoms with Crippen LogP contribution in [0.1, 0.15) is 18.0 Å². The van der Waals surface area contributed by atoms with Gasteiger partial charge < -0.3 is 15.4 Å². The van der Waals surface area contributed by atoms with Crippen LogP contribution in [0.5, 0.6) is 5.75 Å². The Labute approximate surface area is 143 Å². The lowest BCUT2D eigenvalue weighted by Gasteiger charge is -2.26. The molecule has 1 unspecified atom stereocenters. The van der Waals surface area contributed by atoms with Gasteiger partial charge in [0.1, 0.15) is 11.6 Å². The molecule has 6 heteroatoms. The maximum absolute atomic E-state index is 13.5. The van der Waals surface area contributed by atoms with E-state index in [1.807, 2.05) is 24.3 Å². The van der Waals surface area contributed by atoms with Crippen molar-refractivity contribution in [3.8, 4) is 5.75 Å². The van der Waals surface area contributed by atoms with Crippen molar-refractivity contribution in [2.24, 2.45) is 0 Å². The second-order valence-electron chi connectivity index (χ2n) is 5.85. The van der Waals surface area contributed by atoms with Crippen molar-refractivity contribution in [1.29, 1.82) is 0 Å². The molecule has 0 bridgehead atoms. The quantitative estimate of drug-likeness (QED) is 0.742. The molecule has 1 aliphatic rings. The minimum atomic E-state index is -0.361. The van der Waals surface area contributed by atoms with Gasteiger partial charge in [-0.15, -0.1) is 0 Å². The number of pyridine rings is 1. The molecule has 1 aliphatic heterocycles. The highest BCUT2D eigenvalue weighted by Crippen LogP contribution is 2.32. The molecule has 2 aromatic carbocycles. The second kappa shape index (κ2) is 6.39. The van der Waals surface area contributed by atoms with Crippen LogP contribution in [-0.4, -0.2) is 17.6 Å². The standard InChI is InChI=1S/C19H16FN3O2/c20-13-6-7-17-14(11-13)15(8-10-25-17)22-19(24)23-16-5-1-3-12-4-2-9-21-18(12)16/h1-7,9,11,15H,8,10H2,(H2,22,23,24). The summed E-state index contributed by atoms with van der Waals surface area (Å²) in [5.74, 6) is 0.250. The second-order valence-corrected chi connectivity index (χ2v) is 5.85. The average Bonchev–Trinajstić information content (AvgIpc) is 2.62. The molecule has 2 amide bonds. The molecular weight excluding hydrogens is 321 g/mol. The van der Waals surface area contributed by atoms with Gasteiger partial charge in [-0.3, -0.25) is 4.98 Å². The molecule has 2 N–H and O–H groups in total. The lowest BCUT2D eigenvalue weighted by Crippen LogP contribution is -2.35. The van der Waals surface area contributed by atoms with Gasteiger partial charge in [-0.05, 0) is 30.3 Å². The first-order valence-electron chi connectivity index (χ1n) is 8.04. The normalized spacial score (nSPS) is 16.0. The first kappa shape index (κ1) is 15.4. The Morgan fingerprint density at radius 1 is 1.20 bits per heavy atom. The third-order valence-electron chi connectivity index (χ3n) is 4.20. The van der Waals surface area contributed by atoms with Crippen LogP contribution in [-0.2, 0) is 0 Å². The van der Waals surface area contributed by atoms with E-state index in [1.165, 1.54) is 12.1 Å². The molecule has 2 heterocycles. The molecule has 1 aromatic heterocycles. The minimum Gasteiger partial charge on any atom is -0.493 e. The van der Waals surface area contributed by atoms with E-state index in [2.05, 4.69) is 15.6 Å². The van der Waals surface area contributed by atoms with Gasteiger partial charge >= 0.3 is 6.03 Å². The van der Waals surface area contributed by atoms with Crippen molar-refractivity contribution in [3.63, 3.8) is 0 Å². The van der Waals surface area contributed by atoms with Gasteiger partial charge in [0, 0.05) is 23.6 Å². The maximum atomic E-state index is 13.5. The zero-order valence-corrected chi connectivity index (χ0v) is 13.3. The van der Waals surface area contributed by atoms with Crippen molar-refractivity contribution in [2.45, 2.75) is 12.5 Å². The van der Waals surface area contributed by atoms with Crippen LogP contribution in [0.4, 0.5) is 14.9 Å². The molecule has 0 radical (unpaired) electrons. The number of hydrogen-bond donors (Lipinski definition) is 2. The van der Waals surface area contributed by atoms with Crippen LogP contribution < -0.4 is 15.4 Å². The summed E-state index contributed by atoms with van der Waals surface area (Å²) in [6.45, 7) is 0.472. The Hall–Kier alpha value is -3.15. The van der Waals surface area contributed by atoms with Crippen LogP contribution >= 0.6 is 0 Å². The number of nitrogens with one attached hydrogen (secondary N) is 2. The van der Waals surface area contributed by atoms with E-state index < -0.39 is 0 Å². The van der Waals surface area contributed by atoms with Gasteiger partial charge in [-0.1, -0.05) is 18.2 Å². The number of para-hydroxylation sites is 1. The molecule has 3 aromatic rings. The summed E-state index contributed by atoms with van der Waals surface area (Å²) < 4.78 is 19.1. The molecule has 0 fully saturated rings. The number of amides is 2. The predicted octanol–water partition coefficient (Wildman–Crippen LogP) is 4.02. The monoisotopic (exact) mass is 337 g/mol. The SMILES string of the molecule is O=C(Nc1cccc2cccnc12)NC1CCOc2ccc(F)cc21. The van der Waals surface area contributed by atoms with Gasteiger partial charge in [-0.2, -0.15) is 0 Å². The Kier molecular flexibility index (Phi) is 3.93. The van der Waals surface area contributed by atoms with Crippen molar-refractivity contribution in [1.82, 2.24) is 10.3 Å². The Morgan fingerprint density at radius 2 is 2.08 bits per heavy atom. The van der Waals surface area contributed by atoms with Crippen LogP contribution in [0.25, 0.3) is 10.9 Å².